The molecule has 0 radical (unpaired) electrons. The molecule has 2 heterocycles. The van der Waals surface area contributed by atoms with Gasteiger partial charge in [-0.15, -0.1) is 0 Å². The lowest BCUT2D eigenvalue weighted by atomic mass is 9.76. The smallest absolute Gasteiger partial charge is 0.243 e. The number of nitrogens with zero attached hydrogens (tertiary/aromatic N) is 1. The maximum Gasteiger partial charge on any atom is 0.243 e. The van der Waals surface area contributed by atoms with Crippen molar-refractivity contribution in [1.82, 2.24) is 4.31 Å². The Balaban J connectivity index is 1.41. The Labute approximate surface area is 201 Å². The molecule has 0 spiro atoms. The normalized spacial score (nSPS) is 24.9. The standard InChI is InChI=1S/C28H30N2O3S/c31-26-15-12-19-8-3-4-9-21(19)27(26)28-23-11-7-10-22(23)24-18-20(13-14-25(24)29-28)34(32,33)30-16-5-1-2-6-17-30/h3-4,7-10,12-15,18,22-23,28-29,31H,1-2,5-6,11,16-17H2. The molecule has 0 amide bonds. The van der Waals surface area contributed by atoms with Gasteiger partial charge in [-0.3, -0.25) is 0 Å². The van der Waals surface area contributed by atoms with Crippen LogP contribution < -0.4 is 5.32 Å². The Kier molecular flexibility index (Phi) is 5.38. The number of benzene rings is 3. The maximum absolute atomic E-state index is 13.4. The predicted molar refractivity (Wildman–Crippen MR) is 136 cm³/mol. The van der Waals surface area contributed by atoms with E-state index < -0.39 is 10.0 Å². The van der Waals surface area contributed by atoms with E-state index >= 15 is 0 Å². The van der Waals surface area contributed by atoms with Crippen molar-refractivity contribution in [1.29, 1.82) is 0 Å². The highest BCUT2D eigenvalue weighted by Crippen LogP contribution is 2.52. The summed E-state index contributed by atoms with van der Waals surface area (Å²) in [5.74, 6) is 0.616. The van der Waals surface area contributed by atoms with Gasteiger partial charge in [-0.05, 0) is 65.8 Å². The summed E-state index contributed by atoms with van der Waals surface area (Å²) in [5, 5.41) is 16.7. The van der Waals surface area contributed by atoms with Crippen LogP contribution in [0.1, 0.15) is 55.2 Å². The van der Waals surface area contributed by atoms with Gasteiger partial charge in [0.25, 0.3) is 0 Å². The molecular formula is C28H30N2O3S. The molecular weight excluding hydrogens is 444 g/mol. The van der Waals surface area contributed by atoms with E-state index in [1.807, 2.05) is 30.3 Å². The monoisotopic (exact) mass is 474 g/mol. The summed E-state index contributed by atoms with van der Waals surface area (Å²) < 4.78 is 28.6. The van der Waals surface area contributed by atoms with Gasteiger partial charge in [0.1, 0.15) is 5.75 Å². The van der Waals surface area contributed by atoms with Crippen molar-refractivity contribution >= 4 is 26.5 Å². The zero-order valence-electron chi connectivity index (χ0n) is 19.2. The van der Waals surface area contributed by atoms with Gasteiger partial charge in [0, 0.05) is 30.3 Å². The number of aromatic hydroxyl groups is 1. The number of phenols is 1. The molecule has 5 nitrogen and oxygen atoms in total. The SMILES string of the molecule is O=S(=O)(c1ccc2c(c1)C1C=CCC1C(c1c(O)ccc3ccccc13)N2)N1CCCCCC1. The van der Waals surface area contributed by atoms with Crippen LogP contribution in [0.3, 0.4) is 0 Å². The molecule has 1 aliphatic carbocycles. The van der Waals surface area contributed by atoms with Crippen LogP contribution in [0.2, 0.25) is 0 Å². The molecule has 2 aliphatic heterocycles. The fraction of sp³-hybridized carbons (Fsp3) is 0.357. The summed E-state index contributed by atoms with van der Waals surface area (Å²) in [7, 11) is -3.51. The molecule has 6 heteroatoms. The summed E-state index contributed by atoms with van der Waals surface area (Å²) in [5.41, 5.74) is 2.90. The number of hydrogen-bond donors (Lipinski definition) is 2. The quantitative estimate of drug-likeness (QED) is 0.461. The number of fused-ring (bicyclic) bond motifs is 4. The van der Waals surface area contributed by atoms with Crippen molar-refractivity contribution in [2.24, 2.45) is 5.92 Å². The number of anilines is 1. The molecule has 3 atom stereocenters. The fourth-order valence-corrected chi connectivity index (χ4v) is 7.61. The Morgan fingerprint density at radius 1 is 0.941 bits per heavy atom. The Morgan fingerprint density at radius 2 is 1.74 bits per heavy atom. The van der Waals surface area contributed by atoms with E-state index in [0.717, 1.165) is 59.7 Å². The lowest BCUT2D eigenvalue weighted by Crippen LogP contribution is -2.33. The van der Waals surface area contributed by atoms with Crippen molar-refractivity contribution in [2.45, 2.75) is 49.0 Å². The van der Waals surface area contributed by atoms with Crippen LogP contribution in [0.15, 0.2) is 71.6 Å². The molecule has 176 valence electrons. The Morgan fingerprint density at radius 3 is 2.56 bits per heavy atom. The van der Waals surface area contributed by atoms with Crippen molar-refractivity contribution in [3.8, 4) is 5.75 Å². The van der Waals surface area contributed by atoms with Gasteiger partial charge < -0.3 is 10.4 Å². The zero-order valence-corrected chi connectivity index (χ0v) is 20.0. The third-order valence-electron chi connectivity index (χ3n) is 7.80. The van der Waals surface area contributed by atoms with Gasteiger partial charge in [-0.1, -0.05) is 55.3 Å². The lowest BCUT2D eigenvalue weighted by Gasteiger charge is -2.38. The summed E-state index contributed by atoms with van der Waals surface area (Å²) >= 11 is 0. The molecule has 3 unspecified atom stereocenters. The first-order valence-electron chi connectivity index (χ1n) is 12.3. The third-order valence-corrected chi connectivity index (χ3v) is 9.69. The van der Waals surface area contributed by atoms with Crippen LogP contribution in [-0.4, -0.2) is 30.9 Å². The largest absolute Gasteiger partial charge is 0.508 e. The van der Waals surface area contributed by atoms with E-state index in [2.05, 4.69) is 29.6 Å². The van der Waals surface area contributed by atoms with Gasteiger partial charge in [-0.25, -0.2) is 8.42 Å². The highest BCUT2D eigenvalue weighted by atomic mass is 32.2. The van der Waals surface area contributed by atoms with Crippen LogP contribution >= 0.6 is 0 Å². The fourth-order valence-electron chi connectivity index (χ4n) is 6.06. The zero-order chi connectivity index (χ0) is 23.3. The minimum Gasteiger partial charge on any atom is -0.508 e. The molecule has 6 rings (SSSR count). The van der Waals surface area contributed by atoms with Crippen LogP contribution in [0, 0.1) is 5.92 Å². The molecule has 3 aromatic carbocycles. The van der Waals surface area contributed by atoms with Crippen LogP contribution in [0.5, 0.6) is 5.75 Å². The number of nitrogens with one attached hydrogen (secondary N) is 1. The van der Waals surface area contributed by atoms with E-state index in [1.165, 1.54) is 0 Å². The van der Waals surface area contributed by atoms with Crippen molar-refractivity contribution in [2.75, 3.05) is 18.4 Å². The number of phenolic OH excluding ortho intramolecular Hbond substituents is 1. The minimum atomic E-state index is -3.51. The van der Waals surface area contributed by atoms with Crippen LogP contribution in [0.4, 0.5) is 5.69 Å². The molecule has 0 aromatic heterocycles. The predicted octanol–water partition coefficient (Wildman–Crippen LogP) is 5.94. The van der Waals surface area contributed by atoms with Gasteiger partial charge in [-0.2, -0.15) is 4.31 Å². The number of allylic oxidation sites excluding steroid dienone is 2. The summed E-state index contributed by atoms with van der Waals surface area (Å²) in [6.45, 7) is 1.21. The van der Waals surface area contributed by atoms with Crippen molar-refractivity contribution < 1.29 is 13.5 Å². The summed E-state index contributed by atoms with van der Waals surface area (Å²) in [6.07, 6.45) is 9.32. The minimum absolute atomic E-state index is 0.0633. The maximum atomic E-state index is 13.4. The molecule has 1 fully saturated rings. The van der Waals surface area contributed by atoms with Gasteiger partial charge in [0.2, 0.25) is 10.0 Å². The van der Waals surface area contributed by atoms with Crippen LogP contribution in [-0.2, 0) is 10.0 Å². The molecule has 0 bridgehead atoms. The first-order chi connectivity index (χ1) is 16.5. The second-order valence-corrected chi connectivity index (χ2v) is 11.7. The Bertz CT molecular complexity index is 1370. The van der Waals surface area contributed by atoms with Crippen LogP contribution in [0.25, 0.3) is 10.8 Å². The second-order valence-electron chi connectivity index (χ2n) is 9.76. The number of sulfonamides is 1. The molecule has 3 aliphatic rings. The average Bonchev–Trinajstić information content (AvgIpc) is 3.18. The lowest BCUT2D eigenvalue weighted by molar-refractivity contribution is 0.404. The Hall–Kier alpha value is -2.83. The molecule has 2 N–H and O–H groups in total. The van der Waals surface area contributed by atoms with E-state index in [-0.39, 0.29) is 17.9 Å². The third kappa shape index (κ3) is 3.51. The first-order valence-corrected chi connectivity index (χ1v) is 13.8. The highest BCUT2D eigenvalue weighted by Gasteiger charge is 2.40. The number of rotatable bonds is 3. The molecule has 1 saturated heterocycles. The topological polar surface area (TPSA) is 69.6 Å². The molecule has 34 heavy (non-hydrogen) atoms. The first kappa shape index (κ1) is 21.7. The highest BCUT2D eigenvalue weighted by molar-refractivity contribution is 7.89. The van der Waals surface area contributed by atoms with Gasteiger partial charge >= 0.3 is 0 Å². The molecule has 0 saturated carbocycles. The van der Waals surface area contributed by atoms with E-state index in [1.54, 1.807) is 16.4 Å². The van der Waals surface area contributed by atoms with E-state index in [9.17, 15) is 13.5 Å². The molecule has 3 aromatic rings. The summed E-state index contributed by atoms with van der Waals surface area (Å²) in [6, 6.07) is 17.4. The van der Waals surface area contributed by atoms with E-state index in [0.29, 0.717) is 23.7 Å². The summed E-state index contributed by atoms with van der Waals surface area (Å²) in [4.78, 5) is 0.389. The van der Waals surface area contributed by atoms with Gasteiger partial charge in [0.15, 0.2) is 0 Å². The average molecular weight is 475 g/mol. The van der Waals surface area contributed by atoms with Gasteiger partial charge in [0.05, 0.1) is 10.9 Å². The van der Waals surface area contributed by atoms with E-state index in [4.69, 9.17) is 0 Å². The van der Waals surface area contributed by atoms with Crippen molar-refractivity contribution in [3.63, 3.8) is 0 Å². The second kappa shape index (κ2) is 8.43. The van der Waals surface area contributed by atoms with Crippen molar-refractivity contribution in [3.05, 3.63) is 77.9 Å². The number of hydrogen-bond acceptors (Lipinski definition) is 4.